The number of fused-ring (bicyclic) bond motifs is 4. The number of piperidine rings is 1. The van der Waals surface area contributed by atoms with Crippen LogP contribution in [0.5, 0.6) is 23.0 Å². The number of carbonyl (C=O) groups excluding carboxylic acids is 4. The first-order chi connectivity index (χ1) is 37.3. The largest absolute Gasteiger partial charge is 0.493 e. The topological polar surface area (TPSA) is 173 Å². The van der Waals surface area contributed by atoms with Gasteiger partial charge in [-0.2, -0.15) is 0 Å². The van der Waals surface area contributed by atoms with Crippen LogP contribution >= 0.6 is 0 Å². The summed E-state index contributed by atoms with van der Waals surface area (Å²) in [7, 11) is 13.5. The van der Waals surface area contributed by atoms with Crippen molar-refractivity contribution in [2.45, 2.75) is 162 Å². The number of hydrogen-bond acceptors (Lipinski definition) is 13. The molecule has 0 aromatic heterocycles. The third-order valence-electron chi connectivity index (χ3n) is 18.4. The maximum Gasteiger partial charge on any atom is 0.245 e. The van der Waals surface area contributed by atoms with Gasteiger partial charge in [-0.05, 0) is 122 Å². The van der Waals surface area contributed by atoms with Crippen molar-refractivity contribution in [3.63, 3.8) is 0 Å². The molecule has 0 saturated carbocycles. The highest BCUT2D eigenvalue weighted by atomic mass is 16.5. The molecule has 2 fully saturated rings. The van der Waals surface area contributed by atoms with E-state index in [0.29, 0.717) is 37.9 Å². The van der Waals surface area contributed by atoms with Gasteiger partial charge in [0.1, 0.15) is 6.04 Å². The Morgan fingerprint density at radius 1 is 0.744 bits per heavy atom. The number of nitrogens with zero attached hydrogens (tertiary/aromatic N) is 4. The van der Waals surface area contributed by atoms with Crippen molar-refractivity contribution in [2.24, 2.45) is 35.5 Å². The minimum Gasteiger partial charge on any atom is -0.493 e. The Kier molecular flexibility index (Phi) is 23.0. The Hall–Kier alpha value is -4.68. The molecule has 0 radical (unpaired) electrons. The molecule has 3 unspecified atom stereocenters. The first kappa shape index (κ1) is 62.5. The monoisotopic (exact) mass is 1090 g/mol. The number of ether oxygens (including phenoxy) is 6. The first-order valence-corrected chi connectivity index (χ1v) is 29.2. The lowest BCUT2D eigenvalue weighted by Gasteiger charge is -2.49. The van der Waals surface area contributed by atoms with Crippen LogP contribution in [0.2, 0.25) is 0 Å². The second-order valence-electron chi connectivity index (χ2n) is 23.4. The lowest BCUT2D eigenvalue weighted by atomic mass is 9.72. The zero-order valence-electron chi connectivity index (χ0n) is 50.4. The summed E-state index contributed by atoms with van der Waals surface area (Å²) in [6.07, 6.45) is 6.03. The molecule has 2 saturated heterocycles. The summed E-state index contributed by atoms with van der Waals surface area (Å²) in [4.78, 5) is 65.5. The van der Waals surface area contributed by atoms with Crippen molar-refractivity contribution in [1.82, 2.24) is 35.6 Å². The molecule has 2 aromatic rings. The van der Waals surface area contributed by atoms with Crippen LogP contribution in [0.3, 0.4) is 0 Å². The Morgan fingerprint density at radius 2 is 1.35 bits per heavy atom. The second-order valence-corrected chi connectivity index (χ2v) is 23.4. The van der Waals surface area contributed by atoms with Gasteiger partial charge in [0.25, 0.3) is 0 Å². The van der Waals surface area contributed by atoms with E-state index in [-0.39, 0.29) is 65.9 Å². The average Bonchev–Trinajstić information content (AvgIpc) is 3.97. The molecule has 6 rings (SSSR count). The Morgan fingerprint density at radius 3 is 1.91 bits per heavy atom. The van der Waals surface area contributed by atoms with E-state index in [1.807, 2.05) is 39.5 Å². The van der Waals surface area contributed by atoms with Crippen LogP contribution in [-0.2, 0) is 41.5 Å². The Labute approximate surface area is 467 Å². The zero-order chi connectivity index (χ0) is 57.1. The standard InChI is InChI=1S/C61H99N7O10/c1-17-38(7)57(65(10)61(72)56(37(5)6)64-60(71)55(62-9)36(3)4)53(77-15)34-54(69)68-24-19-20-46(68)58(78-16)39(8)59(70)63-23-27-66-25-21-41-30-49(73-11)51(75-13)32-44(41)47(66)28-43-29-48-45-33-52(76-14)50(74-12)31-42(45)22-26-67(48)35-40(43)18-2/h30-33,36-40,43,46-48,53,55-58,62H,17-29,34-35H2,1-16H3,(H,63,70)(H,64,71)/t38-,39+,40-,43-,46?,47+,48?,53+,55?,56-,57-,58+/m0/s1. The molecular weight excluding hydrogens is 991 g/mol. The summed E-state index contributed by atoms with van der Waals surface area (Å²) in [5.41, 5.74) is 5.21. The fourth-order valence-electron chi connectivity index (χ4n) is 13.7. The number of nitrogens with one attached hydrogen (secondary N) is 3. The highest BCUT2D eigenvalue weighted by Gasteiger charge is 2.45. The van der Waals surface area contributed by atoms with E-state index in [1.54, 1.807) is 61.7 Å². The molecule has 4 aliphatic rings. The quantitative estimate of drug-likeness (QED) is 0.0830. The van der Waals surface area contributed by atoms with Crippen LogP contribution < -0.4 is 34.9 Å². The molecule has 78 heavy (non-hydrogen) atoms. The Bertz CT molecular complexity index is 2320. The Balaban J connectivity index is 1.15. The van der Waals surface area contributed by atoms with Gasteiger partial charge in [0, 0.05) is 72.6 Å². The number of likely N-dealkylation sites (tertiary alicyclic amines) is 1. The minimum atomic E-state index is -0.768. The number of methoxy groups -OCH3 is 6. The summed E-state index contributed by atoms with van der Waals surface area (Å²) in [6.45, 7) is 20.7. The SMILES string of the molecule is CC[C@H]1CN2CCc3cc(OC)c(OC)cc3C2C[C@@H]1C[C@@H]1c2cc(OC)c(OC)cc2CCN1CCNC(=O)[C@H](C)[C@@H](OC)C1CCCN1C(=O)C[C@@H](OC)[C@H]([C@@H](C)CC)N(C)C(=O)[C@@H](NC(=O)C(NC)C(C)C)C(C)C. The van der Waals surface area contributed by atoms with E-state index in [2.05, 4.69) is 70.8 Å². The number of carbonyl (C=O) groups is 4. The van der Waals surface area contributed by atoms with Crippen LogP contribution in [0.25, 0.3) is 0 Å². The van der Waals surface area contributed by atoms with Crippen LogP contribution in [0, 0.1) is 35.5 Å². The molecule has 4 heterocycles. The molecule has 438 valence electrons. The van der Waals surface area contributed by atoms with Crippen molar-refractivity contribution in [3.8, 4) is 23.0 Å². The summed E-state index contributed by atoms with van der Waals surface area (Å²) in [5, 5.41) is 9.42. The highest BCUT2D eigenvalue weighted by molar-refractivity contribution is 5.90. The second kappa shape index (κ2) is 28.6. The number of benzene rings is 2. The fourth-order valence-corrected chi connectivity index (χ4v) is 13.7. The molecular formula is C61H99N7O10. The van der Waals surface area contributed by atoms with Gasteiger partial charge in [-0.15, -0.1) is 0 Å². The summed E-state index contributed by atoms with van der Waals surface area (Å²) >= 11 is 0. The van der Waals surface area contributed by atoms with Gasteiger partial charge in [-0.1, -0.05) is 68.2 Å². The van der Waals surface area contributed by atoms with E-state index in [1.165, 1.54) is 22.3 Å². The van der Waals surface area contributed by atoms with Gasteiger partial charge in [0.2, 0.25) is 23.6 Å². The van der Waals surface area contributed by atoms with Gasteiger partial charge in [0.05, 0.1) is 71.1 Å². The molecule has 3 N–H and O–H groups in total. The predicted molar refractivity (Wildman–Crippen MR) is 305 cm³/mol. The number of hydrogen-bond donors (Lipinski definition) is 3. The lowest BCUT2D eigenvalue weighted by molar-refractivity contribution is -0.147. The molecule has 0 spiro atoms. The van der Waals surface area contributed by atoms with Crippen molar-refractivity contribution in [3.05, 3.63) is 46.5 Å². The molecule has 17 heteroatoms. The number of amides is 4. The van der Waals surface area contributed by atoms with Crippen LogP contribution in [0.15, 0.2) is 24.3 Å². The van der Waals surface area contributed by atoms with Crippen LogP contribution in [0.1, 0.15) is 135 Å². The van der Waals surface area contributed by atoms with E-state index < -0.39 is 36.3 Å². The molecule has 12 atom stereocenters. The van der Waals surface area contributed by atoms with Gasteiger partial charge in [-0.25, -0.2) is 0 Å². The van der Waals surface area contributed by atoms with Gasteiger partial charge in [-0.3, -0.25) is 29.0 Å². The molecule has 0 aliphatic carbocycles. The predicted octanol–water partition coefficient (Wildman–Crippen LogP) is 7.08. The van der Waals surface area contributed by atoms with Crippen LogP contribution in [0.4, 0.5) is 0 Å². The summed E-state index contributed by atoms with van der Waals surface area (Å²) < 4.78 is 35.6. The number of likely N-dealkylation sites (N-methyl/N-ethyl adjacent to an activating group) is 2. The van der Waals surface area contributed by atoms with Crippen molar-refractivity contribution in [2.75, 3.05) is 96.0 Å². The van der Waals surface area contributed by atoms with Gasteiger partial charge >= 0.3 is 0 Å². The molecule has 0 bridgehead atoms. The molecule has 2 aromatic carbocycles. The van der Waals surface area contributed by atoms with Crippen molar-refractivity contribution >= 4 is 23.6 Å². The summed E-state index contributed by atoms with van der Waals surface area (Å²) in [5.74, 6) is 2.57. The normalized spacial score (nSPS) is 23.2. The van der Waals surface area contributed by atoms with Crippen LogP contribution in [-0.4, -0.2) is 176 Å². The fraction of sp³-hybridized carbons (Fsp3) is 0.738. The van der Waals surface area contributed by atoms with E-state index in [0.717, 1.165) is 87.6 Å². The molecule has 4 amide bonds. The zero-order valence-corrected chi connectivity index (χ0v) is 50.4. The third kappa shape index (κ3) is 13.9. The first-order valence-electron chi connectivity index (χ1n) is 29.2. The smallest absolute Gasteiger partial charge is 0.245 e. The highest BCUT2D eigenvalue weighted by Crippen LogP contribution is 2.49. The van der Waals surface area contributed by atoms with E-state index in [9.17, 15) is 19.2 Å². The average molecular weight is 1090 g/mol. The van der Waals surface area contributed by atoms with Crippen molar-refractivity contribution in [1.29, 1.82) is 0 Å². The summed E-state index contributed by atoms with van der Waals surface area (Å²) in [6, 6.07) is 7.11. The maximum atomic E-state index is 14.6. The lowest BCUT2D eigenvalue weighted by Crippen LogP contribution is -2.59. The molecule has 17 nitrogen and oxygen atoms in total. The maximum absolute atomic E-state index is 14.6. The van der Waals surface area contributed by atoms with Crippen molar-refractivity contribution < 1.29 is 47.6 Å². The minimum absolute atomic E-state index is 0.0243. The third-order valence-corrected chi connectivity index (χ3v) is 18.4. The van der Waals surface area contributed by atoms with E-state index in [4.69, 9.17) is 28.4 Å². The molecule has 4 aliphatic heterocycles. The van der Waals surface area contributed by atoms with Gasteiger partial charge in [0.15, 0.2) is 23.0 Å². The van der Waals surface area contributed by atoms with E-state index >= 15 is 0 Å². The number of rotatable bonds is 27. The van der Waals surface area contributed by atoms with Gasteiger partial charge < -0.3 is 54.2 Å².